The quantitative estimate of drug-likeness (QED) is 0.472. The number of nitrogens with two attached hydrogens (primary N) is 1. The van der Waals surface area contributed by atoms with Crippen molar-refractivity contribution in [3.8, 4) is 0 Å². The number of halogens is 5. The second-order valence-electron chi connectivity index (χ2n) is 6.60. The monoisotopic (exact) mass is 465 g/mol. The van der Waals surface area contributed by atoms with Crippen LogP contribution in [0.25, 0.3) is 10.9 Å². The minimum absolute atomic E-state index is 0.0838. The second-order valence-corrected chi connectivity index (χ2v) is 9.06. The van der Waals surface area contributed by atoms with Gasteiger partial charge in [0.05, 0.1) is 10.0 Å². The molecule has 0 radical (unpaired) electrons. The first kappa shape index (κ1) is 21.8. The number of nitrogen functional groups attached to an aromatic ring is 1. The van der Waals surface area contributed by atoms with E-state index in [-0.39, 0.29) is 15.7 Å². The Labute approximate surface area is 175 Å². The van der Waals surface area contributed by atoms with E-state index >= 15 is 0 Å². The average Bonchev–Trinajstić information content (AvgIpc) is 2.94. The van der Waals surface area contributed by atoms with Gasteiger partial charge >= 0.3 is 6.18 Å². The van der Waals surface area contributed by atoms with Crippen molar-refractivity contribution in [1.29, 1.82) is 0 Å². The van der Waals surface area contributed by atoms with E-state index < -0.39 is 33.6 Å². The molecule has 0 aliphatic rings. The Hall–Kier alpha value is -1.94. The molecule has 0 aliphatic heterocycles. The number of aromatic nitrogens is 1. The lowest BCUT2D eigenvalue weighted by Gasteiger charge is -2.22. The highest BCUT2D eigenvalue weighted by Crippen LogP contribution is 2.34. The lowest BCUT2D eigenvalue weighted by atomic mass is 10.0. The van der Waals surface area contributed by atoms with Crippen LogP contribution < -0.4 is 10.5 Å². The second kappa shape index (κ2) is 7.71. The normalized spacial score (nSPS) is 13.7. The van der Waals surface area contributed by atoms with Gasteiger partial charge in [0.25, 0.3) is 0 Å². The maximum Gasteiger partial charge on any atom is 0.405 e. The molecule has 0 spiro atoms. The first-order chi connectivity index (χ1) is 13.4. The Morgan fingerprint density at radius 3 is 2.38 bits per heavy atom. The lowest BCUT2D eigenvalue weighted by Crippen LogP contribution is -2.46. The molecule has 5 nitrogen and oxygen atoms in total. The Bertz CT molecular complexity index is 1150. The van der Waals surface area contributed by atoms with E-state index in [4.69, 9.17) is 28.9 Å². The van der Waals surface area contributed by atoms with Gasteiger partial charge in [0, 0.05) is 22.8 Å². The zero-order chi connectivity index (χ0) is 21.6. The molecule has 3 rings (SSSR count). The van der Waals surface area contributed by atoms with Gasteiger partial charge in [-0.25, -0.2) is 8.42 Å². The van der Waals surface area contributed by atoms with Crippen molar-refractivity contribution >= 4 is 49.8 Å². The fourth-order valence-electron chi connectivity index (χ4n) is 2.99. The van der Waals surface area contributed by atoms with Crippen LogP contribution in [0, 0.1) is 6.92 Å². The number of fused-ring (bicyclic) bond motifs is 1. The third-order valence-electron chi connectivity index (χ3n) is 4.33. The zero-order valence-electron chi connectivity index (χ0n) is 14.9. The Balaban J connectivity index is 1.99. The largest absolute Gasteiger partial charge is 0.405 e. The molecule has 156 valence electrons. The Morgan fingerprint density at radius 2 is 1.79 bits per heavy atom. The van der Waals surface area contributed by atoms with E-state index in [1.54, 1.807) is 16.9 Å². The number of hydrogen-bond donors (Lipinski definition) is 3. The van der Waals surface area contributed by atoms with Crippen LogP contribution in [0.5, 0.6) is 0 Å². The van der Waals surface area contributed by atoms with E-state index in [1.807, 2.05) is 13.0 Å². The molecule has 11 heteroatoms. The maximum absolute atomic E-state index is 13.7. The summed E-state index contributed by atoms with van der Waals surface area (Å²) in [6, 6.07) is 5.11. The van der Waals surface area contributed by atoms with Crippen LogP contribution in [0.15, 0.2) is 41.4 Å². The number of sulfonamides is 1. The van der Waals surface area contributed by atoms with Gasteiger partial charge in [-0.2, -0.15) is 17.9 Å². The van der Waals surface area contributed by atoms with E-state index in [2.05, 4.69) is 4.98 Å². The first-order valence-corrected chi connectivity index (χ1v) is 10.5. The van der Waals surface area contributed by atoms with Gasteiger partial charge < -0.3 is 10.7 Å². The highest BCUT2D eigenvalue weighted by molar-refractivity contribution is 7.89. The number of aromatic amines is 1. The van der Waals surface area contributed by atoms with Crippen molar-refractivity contribution < 1.29 is 21.6 Å². The van der Waals surface area contributed by atoms with Gasteiger partial charge in [0.2, 0.25) is 10.0 Å². The summed E-state index contributed by atoms with van der Waals surface area (Å²) in [6.45, 7) is 1.81. The molecule has 29 heavy (non-hydrogen) atoms. The number of anilines is 1. The van der Waals surface area contributed by atoms with E-state index in [0.717, 1.165) is 17.7 Å². The first-order valence-electron chi connectivity index (χ1n) is 8.28. The van der Waals surface area contributed by atoms with E-state index in [9.17, 15) is 21.6 Å². The fourth-order valence-corrected chi connectivity index (χ4v) is 5.44. The van der Waals surface area contributed by atoms with Crippen LogP contribution >= 0.6 is 23.2 Å². The molecule has 0 saturated carbocycles. The summed E-state index contributed by atoms with van der Waals surface area (Å²) in [5.41, 5.74) is 7.45. The van der Waals surface area contributed by atoms with Crippen molar-refractivity contribution in [2.75, 3.05) is 5.73 Å². The SMILES string of the molecule is Cc1ccc2[nH]cc(CC(NS(=O)(=O)c3c(Cl)cc(N)cc3Cl)C(F)(F)F)c2c1. The lowest BCUT2D eigenvalue weighted by molar-refractivity contribution is -0.150. The maximum atomic E-state index is 13.7. The van der Waals surface area contributed by atoms with Crippen LogP contribution in [0.3, 0.4) is 0 Å². The molecule has 3 aromatic rings. The summed E-state index contributed by atoms with van der Waals surface area (Å²) in [5, 5.41) is -0.153. The van der Waals surface area contributed by atoms with Crippen LogP contribution in [0.4, 0.5) is 18.9 Å². The van der Waals surface area contributed by atoms with Gasteiger partial charge in [0.1, 0.15) is 10.9 Å². The summed E-state index contributed by atoms with van der Waals surface area (Å²) in [4.78, 5) is 2.24. The molecule has 0 saturated heterocycles. The van der Waals surface area contributed by atoms with Crippen molar-refractivity contribution in [3.63, 3.8) is 0 Å². The number of benzene rings is 2. The van der Waals surface area contributed by atoms with Crippen molar-refractivity contribution in [2.24, 2.45) is 0 Å². The predicted octanol–water partition coefficient (Wildman–Crippen LogP) is 4.82. The molecule has 1 unspecified atom stereocenters. The van der Waals surface area contributed by atoms with Crippen LogP contribution in [-0.2, 0) is 16.4 Å². The van der Waals surface area contributed by atoms with Crippen LogP contribution in [-0.4, -0.2) is 25.6 Å². The number of aryl methyl sites for hydroxylation is 1. The Kier molecular flexibility index (Phi) is 5.79. The summed E-state index contributed by atoms with van der Waals surface area (Å²) in [7, 11) is -4.69. The van der Waals surface area contributed by atoms with E-state index in [1.165, 1.54) is 6.20 Å². The number of nitrogens with one attached hydrogen (secondary N) is 2. The zero-order valence-corrected chi connectivity index (χ0v) is 17.3. The van der Waals surface area contributed by atoms with Crippen molar-refractivity contribution in [3.05, 3.63) is 57.7 Å². The third-order valence-corrected chi connectivity index (χ3v) is 6.72. The van der Waals surface area contributed by atoms with Crippen LogP contribution in [0.1, 0.15) is 11.1 Å². The predicted molar refractivity (Wildman–Crippen MR) is 108 cm³/mol. The molecule has 0 aliphatic carbocycles. The average molecular weight is 466 g/mol. The summed E-state index contributed by atoms with van der Waals surface area (Å²) < 4.78 is 68.1. The molecule has 0 bridgehead atoms. The molecule has 0 amide bonds. The minimum atomic E-state index is -4.85. The van der Waals surface area contributed by atoms with Crippen LogP contribution in [0.2, 0.25) is 10.0 Å². The molecule has 1 heterocycles. The van der Waals surface area contributed by atoms with Crippen molar-refractivity contribution in [1.82, 2.24) is 9.71 Å². The summed E-state index contributed by atoms with van der Waals surface area (Å²) >= 11 is 11.8. The van der Waals surface area contributed by atoms with Gasteiger partial charge in [0.15, 0.2) is 0 Å². The molecular weight excluding hydrogens is 450 g/mol. The minimum Gasteiger partial charge on any atom is -0.399 e. The Morgan fingerprint density at radius 1 is 1.17 bits per heavy atom. The number of hydrogen-bond acceptors (Lipinski definition) is 3. The topological polar surface area (TPSA) is 88.0 Å². The smallest absolute Gasteiger partial charge is 0.399 e. The number of rotatable bonds is 5. The highest BCUT2D eigenvalue weighted by atomic mass is 35.5. The molecule has 1 atom stereocenters. The molecule has 2 aromatic carbocycles. The standard InChI is InChI=1S/C18H16Cl2F3N3O2S/c1-9-2-3-15-12(4-9)10(8-25-15)5-16(18(21,22)23)26-29(27,28)17-13(19)6-11(24)7-14(17)20/h2-4,6-8,16,25-26H,5,24H2,1H3. The third kappa shape index (κ3) is 4.63. The highest BCUT2D eigenvalue weighted by Gasteiger charge is 2.43. The van der Waals surface area contributed by atoms with Gasteiger partial charge in [-0.1, -0.05) is 34.8 Å². The van der Waals surface area contributed by atoms with Gasteiger partial charge in [-0.05, 0) is 43.2 Å². The van der Waals surface area contributed by atoms with Crippen molar-refractivity contribution in [2.45, 2.75) is 30.5 Å². The molecule has 1 aromatic heterocycles. The molecule has 0 fully saturated rings. The van der Waals surface area contributed by atoms with Gasteiger partial charge in [-0.15, -0.1) is 0 Å². The number of H-pyrrole nitrogens is 1. The van der Waals surface area contributed by atoms with Gasteiger partial charge in [-0.3, -0.25) is 0 Å². The molecule has 4 N–H and O–H groups in total. The van der Waals surface area contributed by atoms with E-state index in [0.29, 0.717) is 16.5 Å². The summed E-state index contributed by atoms with van der Waals surface area (Å²) in [5.74, 6) is 0. The fraction of sp³-hybridized carbons (Fsp3) is 0.222. The molecular formula is C18H16Cl2F3N3O2S. The number of alkyl halides is 3. The summed E-state index contributed by atoms with van der Waals surface area (Å²) in [6.07, 6.45) is -4.04.